The minimum Gasteiger partial charge on any atom is -0.481 e. The van der Waals surface area contributed by atoms with Crippen molar-refractivity contribution in [3.8, 4) is 11.1 Å². The number of aromatic nitrogens is 3. The Balaban J connectivity index is 1.48. The lowest BCUT2D eigenvalue weighted by molar-refractivity contribution is -0.142. The average Bonchev–Trinajstić information content (AvgIpc) is 3.37. The van der Waals surface area contributed by atoms with E-state index in [1.165, 1.54) is 18.3 Å². The fraction of sp³-hybridized carbons (Fsp3) is 0.360. The average molecular weight is 518 g/mol. The molecule has 1 aliphatic heterocycles. The van der Waals surface area contributed by atoms with Crippen LogP contribution in [0.3, 0.4) is 0 Å². The highest BCUT2D eigenvalue weighted by molar-refractivity contribution is 6.30. The molecule has 0 unspecified atom stereocenters. The number of aromatic amines is 1. The van der Waals surface area contributed by atoms with Crippen LogP contribution >= 0.6 is 11.6 Å². The molecule has 2 atom stereocenters. The topological polar surface area (TPSA) is 111 Å². The number of carbonyl (C=O) groups excluding carboxylic acids is 1. The lowest BCUT2D eigenvalue weighted by atomic mass is 9.91. The number of rotatable bonds is 11. The Hall–Kier alpha value is -3.37. The number of alkyl halides is 1. The predicted octanol–water partition coefficient (Wildman–Crippen LogP) is 3.74. The predicted molar refractivity (Wildman–Crippen MR) is 130 cm³/mol. The Morgan fingerprint density at radius 1 is 1.22 bits per heavy atom. The molecular formula is C25H26ClF2N5O3. The Morgan fingerprint density at radius 3 is 2.61 bits per heavy atom. The van der Waals surface area contributed by atoms with Crippen LogP contribution in [0.5, 0.6) is 0 Å². The zero-order chi connectivity index (χ0) is 25.7. The third kappa shape index (κ3) is 6.64. The number of carboxylic acid groups (broad SMARTS) is 1. The van der Waals surface area contributed by atoms with Gasteiger partial charge in [0, 0.05) is 29.7 Å². The van der Waals surface area contributed by atoms with Crippen LogP contribution in [0.2, 0.25) is 5.02 Å². The van der Waals surface area contributed by atoms with Gasteiger partial charge in [-0.05, 0) is 55.1 Å². The van der Waals surface area contributed by atoms with E-state index in [1.807, 2.05) is 17.0 Å². The van der Waals surface area contributed by atoms with Crippen LogP contribution < -0.4 is 5.32 Å². The molecule has 0 aliphatic carbocycles. The quantitative estimate of drug-likeness (QED) is 0.357. The smallest absolute Gasteiger partial charge is 0.306 e. The van der Waals surface area contributed by atoms with Gasteiger partial charge in [0.15, 0.2) is 5.69 Å². The van der Waals surface area contributed by atoms with E-state index in [1.54, 1.807) is 18.2 Å². The first kappa shape index (κ1) is 25.7. The summed E-state index contributed by atoms with van der Waals surface area (Å²) in [7, 11) is 0. The van der Waals surface area contributed by atoms with Crippen LogP contribution in [0, 0.1) is 11.7 Å². The number of amides is 1. The second-order valence-electron chi connectivity index (χ2n) is 8.97. The molecule has 0 bridgehead atoms. The number of hydrogen-bond donors (Lipinski definition) is 3. The summed E-state index contributed by atoms with van der Waals surface area (Å²) in [6.45, 7) is 1.11. The second-order valence-corrected chi connectivity index (χ2v) is 9.40. The third-order valence-corrected chi connectivity index (χ3v) is 6.52. The highest BCUT2D eigenvalue weighted by Gasteiger charge is 2.29. The van der Waals surface area contributed by atoms with Gasteiger partial charge in [0.1, 0.15) is 12.0 Å². The zero-order valence-electron chi connectivity index (χ0n) is 19.3. The minimum absolute atomic E-state index is 0.0909. The van der Waals surface area contributed by atoms with E-state index in [9.17, 15) is 23.5 Å². The number of aliphatic carboxylic acids is 1. The first-order chi connectivity index (χ1) is 17.3. The van der Waals surface area contributed by atoms with Crippen LogP contribution in [0.25, 0.3) is 11.1 Å². The summed E-state index contributed by atoms with van der Waals surface area (Å²) in [6.07, 6.45) is 1.29. The molecule has 1 amide bonds. The van der Waals surface area contributed by atoms with Gasteiger partial charge in [-0.1, -0.05) is 35.9 Å². The van der Waals surface area contributed by atoms with E-state index in [-0.39, 0.29) is 12.1 Å². The van der Waals surface area contributed by atoms with Crippen molar-refractivity contribution in [1.29, 1.82) is 0 Å². The molecule has 2 heterocycles. The molecule has 0 radical (unpaired) electrons. The molecule has 1 fully saturated rings. The summed E-state index contributed by atoms with van der Waals surface area (Å²) in [5.41, 5.74) is 1.94. The van der Waals surface area contributed by atoms with Crippen LogP contribution in [-0.4, -0.2) is 69.1 Å². The summed E-state index contributed by atoms with van der Waals surface area (Å²) in [5, 5.41) is 22.9. The van der Waals surface area contributed by atoms with Gasteiger partial charge in [0.05, 0.1) is 12.1 Å². The second kappa shape index (κ2) is 11.6. The van der Waals surface area contributed by atoms with Crippen molar-refractivity contribution in [3.63, 3.8) is 0 Å². The molecule has 0 spiro atoms. The first-order valence-corrected chi connectivity index (χ1v) is 12.0. The summed E-state index contributed by atoms with van der Waals surface area (Å²) in [6, 6.07) is 10.9. The normalized spacial score (nSPS) is 15.8. The van der Waals surface area contributed by atoms with Gasteiger partial charge in [-0.15, -0.1) is 0 Å². The van der Waals surface area contributed by atoms with Crippen molar-refractivity contribution in [2.45, 2.75) is 31.5 Å². The monoisotopic (exact) mass is 517 g/mol. The molecule has 1 saturated heterocycles. The van der Waals surface area contributed by atoms with Crippen LogP contribution in [-0.2, 0) is 11.2 Å². The van der Waals surface area contributed by atoms with Gasteiger partial charge in [-0.25, -0.2) is 8.78 Å². The first-order valence-electron chi connectivity index (χ1n) is 11.6. The van der Waals surface area contributed by atoms with Gasteiger partial charge in [-0.3, -0.25) is 14.5 Å². The standard InChI is InChI=1S/C25H26ClF2N5O3/c26-18-5-6-22(28)21(11-18)16-3-1-15(2-4-16)9-20(30-24(34)23-12-29-32-31-23)10-17(25(35)36)7-8-33-13-19(27)14-33/h1-6,11-12,17,19-20H,7-10,13-14H2,(H,30,34)(H,35,36)(H,29,31,32)/t17-,20-/m1/s1. The number of H-pyrrole nitrogens is 1. The molecule has 1 aromatic heterocycles. The maximum atomic E-state index is 14.2. The van der Waals surface area contributed by atoms with Crippen molar-refractivity contribution >= 4 is 23.5 Å². The van der Waals surface area contributed by atoms with E-state index in [2.05, 4.69) is 20.7 Å². The number of carbonyl (C=O) groups is 2. The third-order valence-electron chi connectivity index (χ3n) is 6.28. The van der Waals surface area contributed by atoms with E-state index in [0.717, 1.165) is 5.56 Å². The highest BCUT2D eigenvalue weighted by Crippen LogP contribution is 2.27. The number of benzene rings is 2. The summed E-state index contributed by atoms with van der Waals surface area (Å²) in [5.74, 6) is -2.57. The SMILES string of the molecule is O=C(N[C@H](Cc1ccc(-c2cc(Cl)ccc2F)cc1)C[C@@H](CCN1CC(F)C1)C(=O)O)c1cn[nH]n1. The molecule has 3 N–H and O–H groups in total. The number of halogens is 3. The number of likely N-dealkylation sites (tertiary alicyclic amines) is 1. The van der Waals surface area contributed by atoms with Crippen LogP contribution in [0.15, 0.2) is 48.7 Å². The zero-order valence-corrected chi connectivity index (χ0v) is 20.1. The van der Waals surface area contributed by atoms with Gasteiger partial charge in [0.25, 0.3) is 5.91 Å². The van der Waals surface area contributed by atoms with Gasteiger partial charge in [-0.2, -0.15) is 15.4 Å². The Labute approximate surface area is 211 Å². The maximum Gasteiger partial charge on any atom is 0.306 e. The number of carboxylic acids is 1. The molecule has 1 aliphatic rings. The molecule has 2 aromatic carbocycles. The maximum absolute atomic E-state index is 14.2. The van der Waals surface area contributed by atoms with Crippen LogP contribution in [0.4, 0.5) is 8.78 Å². The van der Waals surface area contributed by atoms with E-state index < -0.39 is 35.8 Å². The molecule has 8 nitrogen and oxygen atoms in total. The Morgan fingerprint density at radius 2 is 1.97 bits per heavy atom. The fourth-order valence-electron chi connectivity index (χ4n) is 4.30. The molecule has 36 heavy (non-hydrogen) atoms. The fourth-order valence-corrected chi connectivity index (χ4v) is 4.47. The Kier molecular flexibility index (Phi) is 8.27. The molecule has 190 valence electrons. The van der Waals surface area contributed by atoms with Crippen molar-refractivity contribution in [3.05, 3.63) is 70.8 Å². The van der Waals surface area contributed by atoms with Gasteiger partial charge >= 0.3 is 5.97 Å². The van der Waals surface area contributed by atoms with Crippen molar-refractivity contribution in [2.24, 2.45) is 5.92 Å². The lowest BCUT2D eigenvalue weighted by Crippen LogP contribution is -2.49. The number of nitrogens with one attached hydrogen (secondary N) is 2. The van der Waals surface area contributed by atoms with Crippen molar-refractivity contribution in [2.75, 3.05) is 19.6 Å². The number of hydrogen-bond acceptors (Lipinski definition) is 5. The molecule has 11 heteroatoms. The van der Waals surface area contributed by atoms with Crippen molar-refractivity contribution in [1.82, 2.24) is 25.6 Å². The van der Waals surface area contributed by atoms with E-state index >= 15 is 0 Å². The summed E-state index contributed by atoms with van der Waals surface area (Å²) in [4.78, 5) is 26.5. The molecule has 0 saturated carbocycles. The van der Waals surface area contributed by atoms with Crippen molar-refractivity contribution < 1.29 is 23.5 Å². The van der Waals surface area contributed by atoms with Crippen LogP contribution in [0.1, 0.15) is 28.9 Å². The van der Waals surface area contributed by atoms with E-state index in [4.69, 9.17) is 11.6 Å². The molecule has 3 aromatic rings. The lowest BCUT2D eigenvalue weighted by Gasteiger charge is -2.35. The molecule has 4 rings (SSSR count). The molecular weight excluding hydrogens is 492 g/mol. The summed E-state index contributed by atoms with van der Waals surface area (Å²) < 4.78 is 27.4. The highest BCUT2D eigenvalue weighted by atomic mass is 35.5. The van der Waals surface area contributed by atoms with Gasteiger partial charge < -0.3 is 10.4 Å². The summed E-state index contributed by atoms with van der Waals surface area (Å²) >= 11 is 6.01. The number of nitrogens with zero attached hydrogens (tertiary/aromatic N) is 3. The van der Waals surface area contributed by atoms with E-state index in [0.29, 0.717) is 48.6 Å². The largest absolute Gasteiger partial charge is 0.481 e. The Bertz CT molecular complexity index is 1190. The minimum atomic E-state index is -0.972. The van der Waals surface area contributed by atoms with Gasteiger partial charge in [0.2, 0.25) is 0 Å².